The monoisotopic (exact) mass is 515 g/mol. The standard InChI is InChI=1S/C25H29N3O7S/c1-15(13-32-3)34-19-9-17(21-6-7-22(27-21)25-28-23(14-33-25)16(2)29)10-20(11-19)35-18-5-8-24(26-12-18)36(4,30)31/h5-12,15-16,23,27,29H,13-14H2,1-4H3/t15-,16-,23?/m0/s1. The Morgan fingerprint density at radius 3 is 2.50 bits per heavy atom. The average molecular weight is 516 g/mol. The summed E-state index contributed by atoms with van der Waals surface area (Å²) >= 11 is 0. The van der Waals surface area contributed by atoms with Crippen LogP contribution in [0, 0.1) is 0 Å². The van der Waals surface area contributed by atoms with Crippen LogP contribution < -0.4 is 9.47 Å². The Morgan fingerprint density at radius 1 is 1.11 bits per heavy atom. The van der Waals surface area contributed by atoms with Gasteiger partial charge in [-0.05, 0) is 50.2 Å². The second-order valence-electron chi connectivity index (χ2n) is 8.62. The molecule has 192 valence electrons. The largest absolute Gasteiger partial charge is 0.488 e. The zero-order chi connectivity index (χ0) is 25.9. The summed E-state index contributed by atoms with van der Waals surface area (Å²) in [5.74, 6) is 1.86. The van der Waals surface area contributed by atoms with Crippen molar-refractivity contribution in [3.63, 3.8) is 0 Å². The van der Waals surface area contributed by atoms with Gasteiger partial charge in [0.05, 0.1) is 18.9 Å². The number of benzene rings is 1. The summed E-state index contributed by atoms with van der Waals surface area (Å²) < 4.78 is 46.2. The first-order valence-electron chi connectivity index (χ1n) is 11.4. The molecule has 11 heteroatoms. The topological polar surface area (TPSA) is 132 Å². The van der Waals surface area contributed by atoms with Gasteiger partial charge in [-0.15, -0.1) is 0 Å². The number of nitrogens with zero attached hydrogens (tertiary/aromatic N) is 2. The van der Waals surface area contributed by atoms with Crippen molar-refractivity contribution >= 4 is 15.7 Å². The number of aromatic nitrogens is 2. The molecule has 1 aliphatic heterocycles. The van der Waals surface area contributed by atoms with E-state index in [2.05, 4.69) is 15.0 Å². The molecule has 0 fully saturated rings. The van der Waals surface area contributed by atoms with E-state index in [0.29, 0.717) is 42.1 Å². The van der Waals surface area contributed by atoms with Gasteiger partial charge in [0.15, 0.2) is 14.9 Å². The van der Waals surface area contributed by atoms with E-state index in [1.807, 2.05) is 31.2 Å². The van der Waals surface area contributed by atoms with E-state index in [9.17, 15) is 13.5 Å². The molecule has 10 nitrogen and oxygen atoms in total. The summed E-state index contributed by atoms with van der Waals surface area (Å²) in [6, 6.07) is 11.8. The molecule has 0 radical (unpaired) electrons. The molecule has 2 N–H and O–H groups in total. The van der Waals surface area contributed by atoms with E-state index < -0.39 is 15.9 Å². The van der Waals surface area contributed by atoms with Crippen LogP contribution in [0.4, 0.5) is 0 Å². The van der Waals surface area contributed by atoms with Crippen LogP contribution >= 0.6 is 0 Å². The number of ether oxygens (including phenoxy) is 4. The summed E-state index contributed by atoms with van der Waals surface area (Å²) in [5, 5.41) is 9.75. The first kappa shape index (κ1) is 25.7. The Morgan fingerprint density at radius 2 is 1.86 bits per heavy atom. The van der Waals surface area contributed by atoms with Crippen molar-refractivity contribution in [3.05, 3.63) is 54.4 Å². The van der Waals surface area contributed by atoms with Crippen LogP contribution in [0.1, 0.15) is 19.5 Å². The Hall–Kier alpha value is -3.41. The van der Waals surface area contributed by atoms with Gasteiger partial charge in [0.2, 0.25) is 5.90 Å². The number of hydrogen-bond acceptors (Lipinski definition) is 9. The van der Waals surface area contributed by atoms with Crippen molar-refractivity contribution in [2.75, 3.05) is 26.6 Å². The Labute approximate surface area is 209 Å². The van der Waals surface area contributed by atoms with Crippen molar-refractivity contribution in [2.45, 2.75) is 37.1 Å². The van der Waals surface area contributed by atoms with Crippen LogP contribution in [0.5, 0.6) is 17.2 Å². The average Bonchev–Trinajstić information content (AvgIpc) is 3.49. The highest BCUT2D eigenvalue weighted by molar-refractivity contribution is 7.90. The van der Waals surface area contributed by atoms with E-state index in [1.54, 1.807) is 26.2 Å². The fourth-order valence-electron chi connectivity index (χ4n) is 3.61. The third-order valence-electron chi connectivity index (χ3n) is 5.40. The van der Waals surface area contributed by atoms with Gasteiger partial charge in [-0.3, -0.25) is 0 Å². The molecule has 1 aromatic carbocycles. The minimum absolute atomic E-state index is 0.0326. The number of aromatic amines is 1. The zero-order valence-electron chi connectivity index (χ0n) is 20.5. The zero-order valence-corrected chi connectivity index (χ0v) is 21.3. The van der Waals surface area contributed by atoms with E-state index in [4.69, 9.17) is 18.9 Å². The molecule has 1 unspecified atom stereocenters. The van der Waals surface area contributed by atoms with E-state index in [1.165, 1.54) is 12.3 Å². The molecule has 0 bridgehead atoms. The molecule has 0 saturated carbocycles. The number of aliphatic imine (C=N–C) groups is 1. The molecule has 3 heterocycles. The molecule has 4 rings (SSSR count). The molecular weight excluding hydrogens is 486 g/mol. The molecule has 0 aliphatic carbocycles. The third kappa shape index (κ3) is 6.23. The van der Waals surface area contributed by atoms with Crippen LogP contribution in [0.3, 0.4) is 0 Å². The molecule has 3 aromatic rings. The highest BCUT2D eigenvalue weighted by atomic mass is 32.2. The Balaban J connectivity index is 1.63. The van der Waals surface area contributed by atoms with Gasteiger partial charge in [0.25, 0.3) is 0 Å². The summed E-state index contributed by atoms with van der Waals surface area (Å²) in [6.07, 6.45) is 1.66. The molecule has 3 atom stereocenters. The second kappa shape index (κ2) is 10.7. The van der Waals surface area contributed by atoms with Gasteiger partial charge in [0.1, 0.15) is 41.7 Å². The van der Waals surface area contributed by atoms with Gasteiger partial charge < -0.3 is 29.0 Å². The predicted octanol–water partition coefficient (Wildman–Crippen LogP) is 3.21. The number of sulfone groups is 1. The van der Waals surface area contributed by atoms with Crippen LogP contribution in [-0.2, 0) is 19.3 Å². The Bertz CT molecular complexity index is 1330. The smallest absolute Gasteiger partial charge is 0.233 e. The van der Waals surface area contributed by atoms with Crippen molar-refractivity contribution < 1.29 is 32.5 Å². The maximum atomic E-state index is 11.7. The number of methoxy groups -OCH3 is 1. The normalized spacial score (nSPS) is 17.2. The van der Waals surface area contributed by atoms with E-state index in [0.717, 1.165) is 17.5 Å². The van der Waals surface area contributed by atoms with Crippen LogP contribution in [0.25, 0.3) is 11.3 Å². The van der Waals surface area contributed by atoms with E-state index in [-0.39, 0.29) is 17.2 Å². The maximum Gasteiger partial charge on any atom is 0.233 e. The van der Waals surface area contributed by atoms with Crippen molar-refractivity contribution in [1.29, 1.82) is 0 Å². The number of H-pyrrole nitrogens is 1. The first-order chi connectivity index (χ1) is 17.1. The summed E-state index contributed by atoms with van der Waals surface area (Å²) in [5.41, 5.74) is 2.25. The van der Waals surface area contributed by atoms with Gasteiger partial charge in [-0.1, -0.05) is 0 Å². The number of nitrogens with one attached hydrogen (secondary N) is 1. The fourth-order valence-corrected chi connectivity index (χ4v) is 4.17. The highest BCUT2D eigenvalue weighted by Crippen LogP contribution is 2.33. The molecule has 1 aliphatic rings. The molecule has 2 aromatic heterocycles. The molecule has 0 spiro atoms. The van der Waals surface area contributed by atoms with Crippen LogP contribution in [-0.4, -0.2) is 74.2 Å². The molecule has 0 saturated heterocycles. The lowest BCUT2D eigenvalue weighted by atomic mass is 10.1. The van der Waals surface area contributed by atoms with Gasteiger partial charge >= 0.3 is 0 Å². The van der Waals surface area contributed by atoms with E-state index >= 15 is 0 Å². The first-order valence-corrected chi connectivity index (χ1v) is 13.2. The number of hydrogen-bond donors (Lipinski definition) is 2. The number of aliphatic hydroxyl groups excluding tert-OH is 1. The summed E-state index contributed by atoms with van der Waals surface area (Å²) in [6.45, 7) is 4.31. The van der Waals surface area contributed by atoms with Gasteiger partial charge in [0, 0.05) is 30.7 Å². The van der Waals surface area contributed by atoms with Crippen molar-refractivity contribution in [2.24, 2.45) is 4.99 Å². The Kier molecular flexibility index (Phi) is 7.62. The number of pyridine rings is 1. The number of aliphatic hydroxyl groups is 1. The third-order valence-corrected chi connectivity index (χ3v) is 6.40. The SMILES string of the molecule is COC[C@H](C)Oc1cc(Oc2ccc(S(C)(=O)=O)nc2)cc(-c2ccc(C3=NC([C@H](C)O)CO3)[nH]2)c1. The van der Waals surface area contributed by atoms with Crippen molar-refractivity contribution in [3.8, 4) is 28.5 Å². The summed E-state index contributed by atoms with van der Waals surface area (Å²) in [7, 11) is -1.80. The lowest BCUT2D eigenvalue weighted by molar-refractivity contribution is 0.0920. The van der Waals surface area contributed by atoms with Gasteiger partial charge in [-0.25, -0.2) is 18.4 Å². The minimum Gasteiger partial charge on any atom is -0.488 e. The molecule has 36 heavy (non-hydrogen) atoms. The fraction of sp³-hybridized carbons (Fsp3) is 0.360. The quantitative estimate of drug-likeness (QED) is 0.421. The van der Waals surface area contributed by atoms with Crippen LogP contribution in [0.2, 0.25) is 0 Å². The van der Waals surface area contributed by atoms with Crippen LogP contribution in [0.15, 0.2) is 58.7 Å². The number of rotatable bonds is 10. The molecule has 0 amide bonds. The lowest BCUT2D eigenvalue weighted by Crippen LogP contribution is -2.21. The predicted molar refractivity (Wildman–Crippen MR) is 134 cm³/mol. The second-order valence-corrected chi connectivity index (χ2v) is 10.6. The maximum absolute atomic E-state index is 11.7. The van der Waals surface area contributed by atoms with Gasteiger partial charge in [-0.2, -0.15) is 0 Å². The minimum atomic E-state index is -3.41. The summed E-state index contributed by atoms with van der Waals surface area (Å²) in [4.78, 5) is 11.7. The highest BCUT2D eigenvalue weighted by Gasteiger charge is 2.25. The molecular formula is C25H29N3O7S. The lowest BCUT2D eigenvalue weighted by Gasteiger charge is -2.16. The van der Waals surface area contributed by atoms with Crippen molar-refractivity contribution in [1.82, 2.24) is 9.97 Å².